The van der Waals surface area contributed by atoms with Crippen LogP contribution in [0, 0.1) is 5.92 Å². The third-order valence-electron chi connectivity index (χ3n) is 4.31. The molecule has 11 heteroatoms. The molecule has 0 bridgehead atoms. The summed E-state index contributed by atoms with van der Waals surface area (Å²) in [7, 11) is 0. The molecule has 0 aliphatic heterocycles. The second-order valence-electron chi connectivity index (χ2n) is 7.62. The van der Waals surface area contributed by atoms with Crippen LogP contribution in [0.1, 0.15) is 51.1 Å². The monoisotopic (exact) mass is 494 g/mol. The van der Waals surface area contributed by atoms with Gasteiger partial charge in [0.05, 0.1) is 10.8 Å². The van der Waals surface area contributed by atoms with E-state index in [4.69, 9.17) is 16.3 Å². The molecule has 172 valence electrons. The molecular weight excluding hydrogens is 468 g/mol. The Hall–Kier alpha value is -2.17. The van der Waals surface area contributed by atoms with E-state index in [0.29, 0.717) is 39.3 Å². The molecule has 1 atom stereocenters. The molecule has 0 aliphatic rings. The molecule has 0 spiro atoms. The van der Waals surface area contributed by atoms with E-state index < -0.39 is 0 Å². The zero-order valence-corrected chi connectivity index (χ0v) is 20.9. The van der Waals surface area contributed by atoms with Crippen molar-refractivity contribution in [2.75, 3.05) is 11.1 Å². The Labute approximate surface area is 201 Å². The number of anilines is 1. The van der Waals surface area contributed by atoms with Gasteiger partial charge in [-0.15, -0.1) is 20.4 Å². The summed E-state index contributed by atoms with van der Waals surface area (Å²) in [6.45, 7) is 8.94. The van der Waals surface area contributed by atoms with Gasteiger partial charge in [-0.3, -0.25) is 10.1 Å². The maximum absolute atomic E-state index is 12.4. The molecule has 1 aromatic carbocycles. The van der Waals surface area contributed by atoms with Gasteiger partial charge in [0.15, 0.2) is 17.1 Å². The van der Waals surface area contributed by atoms with Crippen molar-refractivity contribution in [3.8, 4) is 5.75 Å². The highest BCUT2D eigenvalue weighted by molar-refractivity contribution is 7.99. The Morgan fingerprint density at radius 1 is 1.22 bits per heavy atom. The molecule has 2 heterocycles. The smallest absolute Gasteiger partial charge is 0.236 e. The summed E-state index contributed by atoms with van der Waals surface area (Å²) in [4.78, 5) is 12.4. The van der Waals surface area contributed by atoms with Crippen LogP contribution in [0.3, 0.4) is 0 Å². The number of hydrogen-bond acceptors (Lipinski definition) is 8. The van der Waals surface area contributed by atoms with Gasteiger partial charge >= 0.3 is 0 Å². The number of benzene rings is 1. The number of aromatic nitrogens is 5. The van der Waals surface area contributed by atoms with Crippen molar-refractivity contribution in [1.29, 1.82) is 0 Å². The maximum Gasteiger partial charge on any atom is 0.236 e. The minimum atomic E-state index is -0.359. The Kier molecular flexibility index (Phi) is 8.89. The number of carbonyl (C=O) groups is 1. The van der Waals surface area contributed by atoms with Crippen LogP contribution in [0.5, 0.6) is 5.75 Å². The first-order valence-corrected chi connectivity index (χ1v) is 12.6. The molecule has 0 saturated carbocycles. The number of thioether (sulfide) groups is 1. The zero-order valence-electron chi connectivity index (χ0n) is 18.5. The fourth-order valence-electron chi connectivity index (χ4n) is 2.93. The number of ether oxygens (including phenoxy) is 1. The summed E-state index contributed by atoms with van der Waals surface area (Å²) in [6, 6.07) is 7.33. The topological polar surface area (TPSA) is 94.8 Å². The highest BCUT2D eigenvalue weighted by atomic mass is 35.5. The van der Waals surface area contributed by atoms with Crippen molar-refractivity contribution in [1.82, 2.24) is 25.0 Å². The van der Waals surface area contributed by atoms with Gasteiger partial charge in [-0.2, -0.15) is 0 Å². The standard InChI is InChI=1S/C21H27ClN6O2S2/c1-5-8-18-24-26-20(32-18)23-17(29)12-31-21-27-25-19(28(21)11-13(2)3)14(4)30-16-10-7-6-9-15(16)22/h6-7,9-10,13-14H,5,8,11-12H2,1-4H3,(H,23,26,29). The van der Waals surface area contributed by atoms with Gasteiger partial charge < -0.3 is 9.30 Å². The Morgan fingerprint density at radius 3 is 2.72 bits per heavy atom. The van der Waals surface area contributed by atoms with Crippen LogP contribution in [0.15, 0.2) is 29.4 Å². The van der Waals surface area contributed by atoms with Crippen molar-refractivity contribution in [2.24, 2.45) is 5.92 Å². The largest absolute Gasteiger partial charge is 0.481 e. The van der Waals surface area contributed by atoms with Crippen LogP contribution >= 0.6 is 34.7 Å². The van der Waals surface area contributed by atoms with E-state index in [-0.39, 0.29) is 17.8 Å². The molecule has 3 aromatic rings. The van der Waals surface area contributed by atoms with Gasteiger partial charge in [-0.25, -0.2) is 0 Å². The molecule has 0 radical (unpaired) electrons. The Balaban J connectivity index is 1.67. The average molecular weight is 495 g/mol. The van der Waals surface area contributed by atoms with Crippen molar-refractivity contribution in [2.45, 2.75) is 58.3 Å². The van der Waals surface area contributed by atoms with E-state index in [9.17, 15) is 4.79 Å². The van der Waals surface area contributed by atoms with Gasteiger partial charge in [0.2, 0.25) is 11.0 Å². The van der Waals surface area contributed by atoms with Crippen molar-refractivity contribution >= 4 is 45.7 Å². The number of rotatable bonds is 11. The first-order valence-electron chi connectivity index (χ1n) is 10.5. The molecule has 2 aromatic heterocycles. The minimum absolute atomic E-state index is 0.157. The van der Waals surface area contributed by atoms with Crippen molar-refractivity contribution in [3.63, 3.8) is 0 Å². The number of aryl methyl sites for hydroxylation is 1. The van der Waals surface area contributed by atoms with Crippen LogP contribution in [0.2, 0.25) is 5.02 Å². The first-order chi connectivity index (χ1) is 15.4. The fraction of sp³-hybridized carbons (Fsp3) is 0.476. The molecule has 1 N–H and O–H groups in total. The lowest BCUT2D eigenvalue weighted by Gasteiger charge is -2.18. The lowest BCUT2D eigenvalue weighted by molar-refractivity contribution is -0.113. The number of nitrogens with zero attached hydrogens (tertiary/aromatic N) is 5. The number of amides is 1. The number of hydrogen-bond donors (Lipinski definition) is 1. The third-order valence-corrected chi connectivity index (χ3v) is 6.48. The fourth-order valence-corrected chi connectivity index (χ4v) is 4.72. The summed E-state index contributed by atoms with van der Waals surface area (Å²) in [5.74, 6) is 1.68. The van der Waals surface area contributed by atoms with Crippen LogP contribution in [0.4, 0.5) is 5.13 Å². The van der Waals surface area contributed by atoms with Crippen LogP contribution in [-0.4, -0.2) is 36.6 Å². The SMILES string of the molecule is CCCc1nnc(NC(=O)CSc2nnc(C(C)Oc3ccccc3Cl)n2CC(C)C)s1. The molecule has 8 nitrogen and oxygen atoms in total. The number of para-hydroxylation sites is 1. The quantitative estimate of drug-likeness (QED) is 0.363. The summed E-state index contributed by atoms with van der Waals surface area (Å²) < 4.78 is 8.04. The zero-order chi connectivity index (χ0) is 23.1. The maximum atomic E-state index is 12.4. The molecule has 32 heavy (non-hydrogen) atoms. The first kappa shape index (κ1) is 24.5. The second kappa shape index (κ2) is 11.6. The van der Waals surface area contributed by atoms with E-state index in [0.717, 1.165) is 17.8 Å². The van der Waals surface area contributed by atoms with Gasteiger partial charge in [0.1, 0.15) is 10.8 Å². The summed E-state index contributed by atoms with van der Waals surface area (Å²) >= 11 is 8.97. The van der Waals surface area contributed by atoms with Crippen molar-refractivity contribution in [3.05, 3.63) is 40.1 Å². The number of halogens is 1. The summed E-state index contributed by atoms with van der Waals surface area (Å²) in [6.07, 6.45) is 1.49. The molecule has 0 aliphatic carbocycles. The number of carbonyl (C=O) groups excluding carboxylic acids is 1. The molecule has 1 unspecified atom stereocenters. The Bertz CT molecular complexity index is 1040. The van der Waals surface area contributed by atoms with Crippen molar-refractivity contribution < 1.29 is 9.53 Å². The van der Waals surface area contributed by atoms with Crippen LogP contribution < -0.4 is 10.1 Å². The average Bonchev–Trinajstić information content (AvgIpc) is 3.35. The van der Waals surface area contributed by atoms with Gasteiger partial charge in [-0.1, -0.05) is 67.6 Å². The molecule has 0 saturated heterocycles. The molecule has 1 amide bonds. The third kappa shape index (κ3) is 6.66. The van der Waals surface area contributed by atoms with E-state index in [2.05, 4.69) is 46.5 Å². The lowest BCUT2D eigenvalue weighted by Crippen LogP contribution is -2.17. The second-order valence-corrected chi connectivity index (χ2v) is 10.0. The molecule has 3 rings (SSSR count). The predicted molar refractivity (Wildman–Crippen MR) is 129 cm³/mol. The minimum Gasteiger partial charge on any atom is -0.481 e. The van der Waals surface area contributed by atoms with E-state index >= 15 is 0 Å². The summed E-state index contributed by atoms with van der Waals surface area (Å²) in [5, 5.41) is 22.2. The summed E-state index contributed by atoms with van der Waals surface area (Å²) in [5.41, 5.74) is 0. The van der Waals surface area contributed by atoms with E-state index in [1.165, 1.54) is 23.1 Å². The van der Waals surface area contributed by atoms with Gasteiger partial charge in [0.25, 0.3) is 0 Å². The van der Waals surface area contributed by atoms with Crippen LogP contribution in [-0.2, 0) is 17.8 Å². The lowest BCUT2D eigenvalue weighted by atomic mass is 10.2. The van der Waals surface area contributed by atoms with Gasteiger partial charge in [-0.05, 0) is 31.4 Å². The highest BCUT2D eigenvalue weighted by Crippen LogP contribution is 2.30. The van der Waals surface area contributed by atoms with E-state index in [1.54, 1.807) is 6.07 Å². The van der Waals surface area contributed by atoms with Gasteiger partial charge in [0, 0.05) is 13.0 Å². The number of nitrogens with one attached hydrogen (secondary N) is 1. The van der Waals surface area contributed by atoms with E-state index in [1.807, 2.05) is 29.7 Å². The molecular formula is C21H27ClN6O2S2. The highest BCUT2D eigenvalue weighted by Gasteiger charge is 2.22. The molecule has 0 fully saturated rings. The Morgan fingerprint density at radius 2 is 2.00 bits per heavy atom. The predicted octanol–water partition coefficient (Wildman–Crippen LogP) is 5.26. The van der Waals surface area contributed by atoms with Crippen LogP contribution in [0.25, 0.3) is 0 Å². The normalized spacial score (nSPS) is 12.2.